The molecular weight excluding hydrogens is 516 g/mol. The molecule has 3 N–H and O–H groups in total. The number of allylic oxidation sites excluding steroid dienone is 2. The van der Waals surface area contributed by atoms with Gasteiger partial charge in [-0.25, -0.2) is 0 Å². The molecule has 6 aliphatic rings. The molecule has 0 aromatic heterocycles. The third-order valence-electron chi connectivity index (χ3n) is 10.3. The number of rotatable bonds is 9. The van der Waals surface area contributed by atoms with Crippen molar-refractivity contribution in [3.8, 4) is 0 Å². The summed E-state index contributed by atoms with van der Waals surface area (Å²) in [5.41, 5.74) is 14.1. The summed E-state index contributed by atoms with van der Waals surface area (Å²) in [5, 5.41) is 3.79. The van der Waals surface area contributed by atoms with Gasteiger partial charge in [0, 0.05) is 66.2 Å². The van der Waals surface area contributed by atoms with Crippen LogP contribution in [-0.4, -0.2) is 72.7 Å². The molecule has 4 aliphatic heterocycles. The van der Waals surface area contributed by atoms with E-state index in [0.717, 1.165) is 70.9 Å². The molecule has 0 amide bonds. The monoisotopic (exact) mass is 562 g/mol. The summed E-state index contributed by atoms with van der Waals surface area (Å²) in [4.78, 5) is 15.3. The molecule has 4 bridgehead atoms. The summed E-state index contributed by atoms with van der Waals surface area (Å²) in [7, 11) is 0. The van der Waals surface area contributed by atoms with E-state index in [-0.39, 0.29) is 6.04 Å². The molecule has 3 atom stereocenters. The minimum absolute atomic E-state index is 0.237. The van der Waals surface area contributed by atoms with Crippen molar-refractivity contribution in [2.24, 2.45) is 15.9 Å². The SMILES string of the molecule is C=Nc1c(/C(=N\C(C)CCCN2CC3CCC2CC3)N2CC3CCC(C2)N3)cc(N)c2c1/C2=C\C=C/c1ccccc1. The van der Waals surface area contributed by atoms with E-state index in [1.165, 1.54) is 63.6 Å². The molecule has 220 valence electrons. The minimum atomic E-state index is 0.237. The first-order valence-electron chi connectivity index (χ1n) is 16.3. The van der Waals surface area contributed by atoms with Crippen molar-refractivity contribution in [3.05, 3.63) is 70.8 Å². The van der Waals surface area contributed by atoms with Crippen molar-refractivity contribution >= 4 is 35.6 Å². The summed E-state index contributed by atoms with van der Waals surface area (Å²) >= 11 is 0. The van der Waals surface area contributed by atoms with Gasteiger partial charge in [0.05, 0.1) is 5.69 Å². The fourth-order valence-electron chi connectivity index (χ4n) is 8.10. The van der Waals surface area contributed by atoms with E-state index in [9.17, 15) is 0 Å². The Hall–Kier alpha value is -3.22. The first-order valence-corrected chi connectivity index (χ1v) is 16.3. The number of piperazine rings is 1. The Kier molecular flexibility index (Phi) is 7.76. The lowest BCUT2D eigenvalue weighted by Gasteiger charge is -2.45. The van der Waals surface area contributed by atoms with E-state index < -0.39 is 0 Å². The zero-order valence-electron chi connectivity index (χ0n) is 25.1. The van der Waals surface area contributed by atoms with E-state index >= 15 is 0 Å². The molecule has 3 unspecified atom stereocenters. The van der Waals surface area contributed by atoms with Gasteiger partial charge in [0.15, 0.2) is 0 Å². The molecule has 2 aromatic rings. The zero-order valence-corrected chi connectivity index (χ0v) is 25.1. The van der Waals surface area contributed by atoms with Crippen LogP contribution in [0, 0.1) is 5.92 Å². The summed E-state index contributed by atoms with van der Waals surface area (Å²) in [6.45, 7) is 10.8. The van der Waals surface area contributed by atoms with Crippen LogP contribution in [0.5, 0.6) is 0 Å². The average Bonchev–Trinajstić information content (AvgIpc) is 3.64. The molecule has 4 saturated heterocycles. The van der Waals surface area contributed by atoms with Crippen molar-refractivity contribution in [2.75, 3.05) is 31.9 Å². The smallest absolute Gasteiger partial charge is 0.133 e. The number of hydrogen-bond acceptors (Lipinski definition) is 5. The number of aliphatic imine (C=N–C) groups is 2. The Morgan fingerprint density at radius 1 is 1.05 bits per heavy atom. The number of piperidine rings is 2. The van der Waals surface area contributed by atoms with Gasteiger partial charge in [0.2, 0.25) is 0 Å². The summed E-state index contributed by atoms with van der Waals surface area (Å²) in [6, 6.07) is 14.6. The molecule has 2 aliphatic carbocycles. The molecule has 0 spiro atoms. The minimum Gasteiger partial charge on any atom is -0.398 e. The maximum Gasteiger partial charge on any atom is 0.133 e. The van der Waals surface area contributed by atoms with E-state index in [2.05, 4.69) is 82.3 Å². The van der Waals surface area contributed by atoms with E-state index in [4.69, 9.17) is 10.7 Å². The molecule has 6 heteroatoms. The standard InChI is InChI=1S/C36H46N6/c1-24(8-7-19-41-21-26-13-17-29(41)18-14-26)39-36(42-22-27-15-16-28(23-42)40-27)31-20-32(37)33-30(34(33)35(31)38-2)12-6-11-25-9-4-3-5-10-25/h3-6,9-12,20,24,26-29,40H,2,7-8,13-19,21-23,37H2,1H3/b11-6-,30-12-,39-36+. The lowest BCUT2D eigenvalue weighted by atomic mass is 9.80. The van der Waals surface area contributed by atoms with Crippen molar-refractivity contribution in [1.82, 2.24) is 15.1 Å². The summed E-state index contributed by atoms with van der Waals surface area (Å²) in [5.74, 6) is 2.00. The number of fused-ring (bicyclic) bond motifs is 6. The third-order valence-corrected chi connectivity index (χ3v) is 10.3. The summed E-state index contributed by atoms with van der Waals surface area (Å²) in [6.07, 6.45) is 16.9. The number of amidine groups is 1. The maximum atomic E-state index is 6.71. The highest BCUT2D eigenvalue weighted by Gasteiger charge is 2.38. The van der Waals surface area contributed by atoms with Crippen LogP contribution in [0.15, 0.2) is 58.5 Å². The van der Waals surface area contributed by atoms with Crippen LogP contribution in [0.3, 0.4) is 0 Å². The number of nitrogens with zero attached hydrogens (tertiary/aromatic N) is 4. The first-order chi connectivity index (χ1) is 20.6. The average molecular weight is 563 g/mol. The quantitative estimate of drug-likeness (QED) is 0.183. The Balaban J connectivity index is 1.14. The Morgan fingerprint density at radius 3 is 2.50 bits per heavy atom. The zero-order chi connectivity index (χ0) is 28.6. The maximum absolute atomic E-state index is 6.71. The van der Waals surface area contributed by atoms with Crippen LogP contribution in [0.4, 0.5) is 11.4 Å². The molecule has 42 heavy (non-hydrogen) atoms. The molecule has 0 radical (unpaired) electrons. The van der Waals surface area contributed by atoms with E-state index in [0.29, 0.717) is 12.1 Å². The Morgan fingerprint density at radius 2 is 1.81 bits per heavy atom. The highest BCUT2D eigenvalue weighted by molar-refractivity contribution is 6.17. The van der Waals surface area contributed by atoms with Crippen LogP contribution < -0.4 is 11.1 Å². The number of hydrogen-bond donors (Lipinski definition) is 2. The lowest BCUT2D eigenvalue weighted by molar-refractivity contribution is 0.0475. The molecule has 2 aromatic carbocycles. The third kappa shape index (κ3) is 5.59. The van der Waals surface area contributed by atoms with Gasteiger partial charge in [0.25, 0.3) is 0 Å². The van der Waals surface area contributed by atoms with Gasteiger partial charge in [-0.1, -0.05) is 48.6 Å². The van der Waals surface area contributed by atoms with Gasteiger partial charge in [-0.05, 0) is 94.7 Å². The van der Waals surface area contributed by atoms with Gasteiger partial charge < -0.3 is 20.9 Å². The molecule has 8 rings (SSSR count). The molecule has 1 saturated carbocycles. The van der Waals surface area contributed by atoms with Crippen molar-refractivity contribution in [2.45, 2.75) is 82.5 Å². The predicted molar refractivity (Wildman–Crippen MR) is 177 cm³/mol. The number of nitrogen functional groups attached to an aromatic ring is 1. The molecule has 4 heterocycles. The second-order valence-corrected chi connectivity index (χ2v) is 13.3. The second kappa shape index (κ2) is 11.8. The van der Waals surface area contributed by atoms with Crippen LogP contribution in [-0.2, 0) is 0 Å². The molecule has 6 nitrogen and oxygen atoms in total. The number of anilines is 1. The Bertz CT molecular complexity index is 1390. The van der Waals surface area contributed by atoms with Crippen molar-refractivity contribution in [3.63, 3.8) is 0 Å². The van der Waals surface area contributed by atoms with E-state index in [1.807, 2.05) is 6.07 Å². The van der Waals surface area contributed by atoms with Crippen molar-refractivity contribution in [1.29, 1.82) is 0 Å². The first kappa shape index (κ1) is 27.6. The van der Waals surface area contributed by atoms with Gasteiger partial charge in [-0.2, -0.15) is 0 Å². The molecule has 5 fully saturated rings. The largest absolute Gasteiger partial charge is 0.398 e. The fourth-order valence-corrected chi connectivity index (χ4v) is 8.10. The van der Waals surface area contributed by atoms with Crippen LogP contribution >= 0.6 is 0 Å². The number of likely N-dealkylation sites (tertiary alicyclic amines) is 1. The Labute approximate surface area is 251 Å². The van der Waals surface area contributed by atoms with Gasteiger partial charge >= 0.3 is 0 Å². The molecular formula is C36H46N6. The van der Waals surface area contributed by atoms with Crippen LogP contribution in [0.1, 0.15) is 80.5 Å². The lowest BCUT2D eigenvalue weighted by Crippen LogP contribution is -2.53. The number of nitrogens with one attached hydrogen (secondary N) is 1. The number of benzene rings is 2. The second-order valence-electron chi connectivity index (χ2n) is 13.3. The van der Waals surface area contributed by atoms with E-state index in [1.54, 1.807) is 0 Å². The topological polar surface area (TPSA) is 69.2 Å². The number of nitrogens with two attached hydrogens (primary N) is 1. The van der Waals surface area contributed by atoms with Crippen LogP contribution in [0.25, 0.3) is 11.6 Å². The van der Waals surface area contributed by atoms with Gasteiger partial charge in [-0.15, -0.1) is 0 Å². The highest BCUT2D eigenvalue weighted by atomic mass is 15.3. The predicted octanol–water partition coefficient (Wildman–Crippen LogP) is 6.29. The fraction of sp³-hybridized carbons (Fsp3) is 0.500. The summed E-state index contributed by atoms with van der Waals surface area (Å²) < 4.78 is 0. The van der Waals surface area contributed by atoms with Gasteiger partial charge in [0.1, 0.15) is 5.84 Å². The van der Waals surface area contributed by atoms with Crippen molar-refractivity contribution < 1.29 is 0 Å². The normalized spacial score (nSPS) is 28.5. The highest BCUT2D eigenvalue weighted by Crippen LogP contribution is 2.54. The van der Waals surface area contributed by atoms with Gasteiger partial charge in [-0.3, -0.25) is 9.98 Å². The van der Waals surface area contributed by atoms with Crippen LogP contribution in [0.2, 0.25) is 0 Å².